The number of carboxylic acids is 2. The van der Waals surface area contributed by atoms with E-state index in [1.807, 2.05) is 0 Å². The van der Waals surface area contributed by atoms with Gasteiger partial charge in [0.1, 0.15) is 19.3 Å². The number of nitrogens with one attached hydrogen (secondary N) is 4. The zero-order valence-electron chi connectivity index (χ0n) is 36.6. The van der Waals surface area contributed by atoms with Crippen molar-refractivity contribution in [3.05, 3.63) is 0 Å². The van der Waals surface area contributed by atoms with Gasteiger partial charge in [-0.2, -0.15) is 0 Å². The minimum Gasteiger partial charge on any atom is -0.481 e. The van der Waals surface area contributed by atoms with Gasteiger partial charge in [0.05, 0.1) is 45.7 Å². The van der Waals surface area contributed by atoms with E-state index in [1.165, 1.54) is 60.9 Å². The third kappa shape index (κ3) is 39.8. The number of ether oxygens (including phenoxy) is 4. The van der Waals surface area contributed by atoms with Crippen molar-refractivity contribution >= 4 is 68.5 Å². The molecule has 4 amide bonds. The fraction of sp³-hybridized carbons (Fsp3) is 0.829. The lowest BCUT2D eigenvalue weighted by Gasteiger charge is -2.14. The van der Waals surface area contributed by atoms with Crippen LogP contribution >= 0.6 is 22.4 Å². The molecular weight excluding hydrogens is 927 g/mol. The maximum atomic E-state index is 12.9. The molecule has 0 aromatic heterocycles. The molecule has 0 aromatic carbocycles. The van der Waals surface area contributed by atoms with Crippen molar-refractivity contribution in [2.75, 3.05) is 72.5 Å². The zero-order valence-corrected chi connectivity index (χ0v) is 38.7. The summed E-state index contributed by atoms with van der Waals surface area (Å²) in [5.74, 6) is -3.24. The predicted molar refractivity (Wildman–Crippen MR) is 240 cm³/mol. The van der Waals surface area contributed by atoms with Crippen LogP contribution in [0.3, 0.4) is 0 Å². The van der Waals surface area contributed by atoms with E-state index in [4.69, 9.17) is 29.8 Å². The highest BCUT2D eigenvalue weighted by Crippen LogP contribution is 2.14. The highest BCUT2D eigenvalue weighted by atomic mass is 127. The van der Waals surface area contributed by atoms with Crippen molar-refractivity contribution in [1.82, 2.24) is 21.3 Å². The summed E-state index contributed by atoms with van der Waals surface area (Å²) in [5, 5.41) is 28.7. The van der Waals surface area contributed by atoms with Crippen molar-refractivity contribution in [3.63, 3.8) is 0 Å². The van der Waals surface area contributed by atoms with Gasteiger partial charge in [-0.15, -0.1) is 0 Å². The molecule has 18 nitrogen and oxygen atoms in total. The normalized spacial score (nSPS) is 12.0. The van der Waals surface area contributed by atoms with Gasteiger partial charge in [0, 0.05) is 38.9 Å². The third-order valence-corrected chi connectivity index (χ3v) is 10.1. The first-order chi connectivity index (χ1) is 29.8. The summed E-state index contributed by atoms with van der Waals surface area (Å²) in [6.07, 6.45) is 16.9. The molecule has 0 saturated carbocycles. The molecule has 0 rings (SSSR count). The fourth-order valence-corrected chi connectivity index (χ4v) is 6.45. The number of amides is 4. The van der Waals surface area contributed by atoms with E-state index in [9.17, 15) is 43.0 Å². The van der Waals surface area contributed by atoms with Gasteiger partial charge in [0.25, 0.3) is 0 Å². The number of hydrogen-bond acceptors (Lipinski definition) is 12. The third-order valence-electron chi connectivity index (χ3n) is 9.53. The van der Waals surface area contributed by atoms with E-state index >= 15 is 0 Å². The Hall–Kier alpha value is -2.99. The lowest BCUT2D eigenvalue weighted by atomic mass is 9.88. The summed E-state index contributed by atoms with van der Waals surface area (Å²) in [6.45, 7) is 1.70. The molecule has 0 fully saturated rings. The number of carboxylic acid groups (broad SMARTS) is 2. The van der Waals surface area contributed by atoms with E-state index in [0.717, 1.165) is 44.9 Å². The van der Waals surface area contributed by atoms with Crippen LogP contribution in [0.5, 0.6) is 0 Å². The van der Waals surface area contributed by atoms with Crippen molar-refractivity contribution < 1.29 is 67.0 Å². The second-order valence-corrected chi connectivity index (χ2v) is 16.1. The number of carbonyl (C=O) groups is 7. The van der Waals surface area contributed by atoms with Gasteiger partial charge in [-0.05, 0) is 38.5 Å². The molecule has 2 atom stereocenters. The van der Waals surface area contributed by atoms with Crippen molar-refractivity contribution in [2.45, 2.75) is 147 Å². The Morgan fingerprint density at radius 3 is 1.42 bits per heavy atom. The molecule has 358 valence electrons. The second-order valence-electron chi connectivity index (χ2n) is 15.0. The van der Waals surface area contributed by atoms with Gasteiger partial charge in [0.15, 0.2) is 5.68 Å². The summed E-state index contributed by atoms with van der Waals surface area (Å²) in [5.41, 5.74) is 4.99. The summed E-state index contributed by atoms with van der Waals surface area (Å²) < 4.78 is 34.2. The van der Waals surface area contributed by atoms with E-state index in [1.54, 1.807) is 0 Å². The van der Waals surface area contributed by atoms with Gasteiger partial charge < -0.3 is 65.3 Å². The molecule has 0 heterocycles. The molecule has 0 aliphatic heterocycles. The van der Waals surface area contributed by atoms with Gasteiger partial charge in [0.2, 0.25) is 23.6 Å². The molecule has 0 spiro atoms. The molecule has 0 bridgehead atoms. The van der Waals surface area contributed by atoms with Crippen LogP contribution in [0.4, 0.5) is 4.32 Å². The first kappa shape index (κ1) is 59.0. The van der Waals surface area contributed by atoms with Crippen LogP contribution in [0, 0.1) is 0 Å². The van der Waals surface area contributed by atoms with E-state index in [0.29, 0.717) is 32.2 Å². The van der Waals surface area contributed by atoms with Gasteiger partial charge >= 0.3 is 16.8 Å². The molecule has 62 heavy (non-hydrogen) atoms. The van der Waals surface area contributed by atoms with Crippen molar-refractivity contribution in [2.24, 2.45) is 5.73 Å². The Morgan fingerprint density at radius 1 is 0.516 bits per heavy atom. The summed E-state index contributed by atoms with van der Waals surface area (Å²) in [4.78, 5) is 80.2. The van der Waals surface area contributed by atoms with Crippen LogP contribution in [0.25, 0.3) is 0 Å². The fourth-order valence-electron chi connectivity index (χ4n) is 5.99. The number of halogens is 2. The number of rotatable bonds is 45. The summed E-state index contributed by atoms with van der Waals surface area (Å²) >= 11 is 1.38. The average molecular weight is 1000 g/mol. The largest absolute Gasteiger partial charge is 0.487 e. The Labute approximate surface area is 380 Å². The molecule has 0 saturated heterocycles. The van der Waals surface area contributed by atoms with Gasteiger partial charge in [-0.25, -0.2) is 4.79 Å². The van der Waals surface area contributed by atoms with Crippen LogP contribution < -0.4 is 27.0 Å². The van der Waals surface area contributed by atoms with Gasteiger partial charge in [-0.1, -0.05) is 99.4 Å². The molecule has 0 aliphatic carbocycles. The number of aliphatic carboxylic acids is 2. The SMILES string of the molecule is N[C@H](CCCCNC(=O)COCCOCCNC(=O)COCCOCCNC(=O)CC[C@H](NC(=O)CCCCCCCCCCCCCCCCC(=O)O)C(=O)O)C(=O)B(F)I. The van der Waals surface area contributed by atoms with Crippen LogP contribution in [0.15, 0.2) is 0 Å². The summed E-state index contributed by atoms with van der Waals surface area (Å²) in [7, 11) is 0. The van der Waals surface area contributed by atoms with Crippen LogP contribution in [0.2, 0.25) is 0 Å². The minimum atomic E-state index is -1.61. The maximum absolute atomic E-state index is 12.9. The van der Waals surface area contributed by atoms with Crippen LogP contribution in [0.1, 0.15) is 135 Å². The second kappa shape index (κ2) is 42.0. The molecule has 0 aromatic rings. The van der Waals surface area contributed by atoms with Crippen molar-refractivity contribution in [3.8, 4) is 0 Å². The van der Waals surface area contributed by atoms with Crippen LogP contribution in [-0.4, -0.2) is 141 Å². The van der Waals surface area contributed by atoms with E-state index < -0.39 is 34.6 Å². The quantitative estimate of drug-likeness (QED) is 0.0261. The van der Waals surface area contributed by atoms with Crippen molar-refractivity contribution in [1.29, 1.82) is 0 Å². The minimum absolute atomic E-state index is 0.0342. The van der Waals surface area contributed by atoms with Gasteiger partial charge in [-0.3, -0.25) is 24.0 Å². The van der Waals surface area contributed by atoms with E-state index in [2.05, 4.69) is 21.3 Å². The first-order valence-corrected chi connectivity index (χ1v) is 23.5. The number of unbranched alkanes of at least 4 members (excludes halogenated alkanes) is 14. The predicted octanol–water partition coefficient (Wildman–Crippen LogP) is 3.58. The molecule has 8 N–H and O–H groups in total. The topological polar surface area (TPSA) is 271 Å². The Kier molecular flexibility index (Phi) is 40.0. The molecule has 21 heteroatoms. The smallest absolute Gasteiger partial charge is 0.481 e. The molecule has 0 aliphatic rings. The highest BCUT2D eigenvalue weighted by Gasteiger charge is 2.26. The maximum Gasteiger partial charge on any atom is 0.487 e. The highest BCUT2D eigenvalue weighted by molar-refractivity contribution is 14.1. The number of nitrogens with two attached hydrogens (primary N) is 1. The lowest BCUT2D eigenvalue weighted by molar-refractivity contribution is -0.142. The number of hydrogen-bond donors (Lipinski definition) is 7. The molecule has 0 unspecified atom stereocenters. The summed E-state index contributed by atoms with van der Waals surface area (Å²) in [6, 6.07) is -1.99. The monoisotopic (exact) mass is 1000 g/mol. The Morgan fingerprint density at radius 2 is 0.952 bits per heavy atom. The van der Waals surface area contributed by atoms with Crippen LogP contribution in [-0.2, 0) is 52.5 Å². The average Bonchev–Trinajstić information content (AvgIpc) is 3.23. The number of carbonyl (C=O) groups excluding carboxylic acids is 5. The first-order valence-electron chi connectivity index (χ1n) is 22.3. The van der Waals surface area contributed by atoms with E-state index in [-0.39, 0.29) is 115 Å². The zero-order chi connectivity index (χ0) is 46.1. The molecular formula is C41H74BFIN5O13. The standard InChI is InChI=1S/C41H74BFIN5O13/c43-42(44)40(56)33(45)17-15-16-22-46-37(52)31-61-29-28-60-26-24-48-38(53)32-62-30-27-59-25-23-47-35(50)21-20-34(41(57)58)49-36(51)18-13-11-9-7-5-3-1-2-4-6-8-10-12-14-19-39(54)55/h33-34H,1-32,45H2,(H,46,52)(H,47,50)(H,48,53)(H,49,51)(H,54,55)(H,57,58)/t33-,34+/m1/s1. The Bertz CT molecular complexity index is 1240. The Balaban J connectivity index is 3.66. The lowest BCUT2D eigenvalue weighted by Crippen LogP contribution is -2.41. The molecule has 0 radical (unpaired) electrons.